The van der Waals surface area contributed by atoms with E-state index in [0.29, 0.717) is 16.9 Å². The molecule has 1 atom stereocenters. The third-order valence-electron chi connectivity index (χ3n) is 2.77. The van der Waals surface area contributed by atoms with Crippen LogP contribution in [-0.4, -0.2) is 34.7 Å². The maximum Gasteiger partial charge on any atom is 0.194 e. The summed E-state index contributed by atoms with van der Waals surface area (Å²) in [5, 5.41) is 6.78. The Morgan fingerprint density at radius 3 is 2.87 bits per heavy atom. The van der Waals surface area contributed by atoms with Crippen LogP contribution in [0.2, 0.25) is 0 Å². The predicted octanol–water partition coefficient (Wildman–Crippen LogP) is 0.455. The molecule has 15 heavy (non-hydrogen) atoms. The van der Waals surface area contributed by atoms with E-state index in [9.17, 15) is 8.42 Å². The second-order valence-electron chi connectivity index (χ2n) is 3.98. The van der Waals surface area contributed by atoms with E-state index in [1.54, 1.807) is 4.57 Å². The van der Waals surface area contributed by atoms with E-state index in [0.717, 1.165) is 12.2 Å². The van der Waals surface area contributed by atoms with Gasteiger partial charge in [0.1, 0.15) is 5.82 Å². The minimum atomic E-state index is -2.79. The summed E-state index contributed by atoms with van der Waals surface area (Å²) >= 11 is 4.99. The lowest BCUT2D eigenvalue weighted by Gasteiger charge is -2.05. The molecule has 0 unspecified atom stereocenters. The molecule has 7 heteroatoms. The summed E-state index contributed by atoms with van der Waals surface area (Å²) in [5.41, 5.74) is 0. The third-order valence-corrected chi connectivity index (χ3v) is 4.97. The van der Waals surface area contributed by atoms with Crippen molar-refractivity contribution in [3.63, 3.8) is 0 Å². The Morgan fingerprint density at radius 1 is 1.67 bits per heavy atom. The van der Waals surface area contributed by atoms with Gasteiger partial charge in [0, 0.05) is 13.5 Å². The van der Waals surface area contributed by atoms with Crippen molar-refractivity contribution in [2.24, 2.45) is 13.0 Å². The molecule has 2 heterocycles. The van der Waals surface area contributed by atoms with Crippen molar-refractivity contribution >= 4 is 22.1 Å². The van der Waals surface area contributed by atoms with Gasteiger partial charge in [-0.05, 0) is 24.6 Å². The fraction of sp³-hybridized carbons (Fsp3) is 0.750. The average molecular weight is 247 g/mol. The number of hydrogen-bond donors (Lipinski definition) is 1. The van der Waals surface area contributed by atoms with Crippen LogP contribution < -0.4 is 0 Å². The molecular formula is C8H13N3O2S2. The first-order valence-electron chi connectivity index (χ1n) is 4.78. The van der Waals surface area contributed by atoms with Crippen LogP contribution in [0.4, 0.5) is 0 Å². The molecular weight excluding hydrogens is 234 g/mol. The lowest BCUT2D eigenvalue weighted by atomic mass is 10.1. The zero-order valence-electron chi connectivity index (χ0n) is 8.43. The molecule has 0 amide bonds. The Balaban J connectivity index is 2.11. The van der Waals surface area contributed by atoms with Gasteiger partial charge in [0.2, 0.25) is 0 Å². The van der Waals surface area contributed by atoms with Gasteiger partial charge in [-0.1, -0.05) is 0 Å². The number of nitrogens with zero attached hydrogens (tertiary/aromatic N) is 2. The van der Waals surface area contributed by atoms with Crippen LogP contribution in [0.3, 0.4) is 0 Å². The molecule has 0 bridgehead atoms. The summed E-state index contributed by atoms with van der Waals surface area (Å²) in [6.07, 6.45) is 1.42. The standard InChI is InChI=1S/C8H13N3O2S2/c1-11-7(9-10-8(11)14)4-6-2-3-15(12,13)5-6/h6H,2-5H2,1H3,(H,10,14)/t6-/m0/s1. The number of sulfone groups is 1. The van der Waals surface area contributed by atoms with E-state index in [1.807, 2.05) is 7.05 Å². The average Bonchev–Trinajstić information content (AvgIpc) is 2.63. The summed E-state index contributed by atoms with van der Waals surface area (Å²) in [7, 11) is -0.957. The first-order chi connectivity index (χ1) is 6.98. The number of rotatable bonds is 2. The fourth-order valence-electron chi connectivity index (χ4n) is 1.85. The Kier molecular flexibility index (Phi) is 2.68. The lowest BCUT2D eigenvalue weighted by molar-refractivity contribution is 0.556. The zero-order chi connectivity index (χ0) is 11.1. The van der Waals surface area contributed by atoms with Gasteiger partial charge in [-0.2, -0.15) is 5.10 Å². The summed E-state index contributed by atoms with van der Waals surface area (Å²) < 4.78 is 24.9. The number of hydrogen-bond acceptors (Lipinski definition) is 4. The number of nitrogens with one attached hydrogen (secondary N) is 1. The smallest absolute Gasteiger partial charge is 0.194 e. The van der Waals surface area contributed by atoms with E-state index < -0.39 is 9.84 Å². The minimum Gasteiger partial charge on any atom is -0.307 e. The van der Waals surface area contributed by atoms with Crippen LogP contribution in [0.15, 0.2) is 0 Å². The van der Waals surface area contributed by atoms with Crippen molar-refractivity contribution in [2.45, 2.75) is 12.8 Å². The highest BCUT2D eigenvalue weighted by molar-refractivity contribution is 7.91. The molecule has 1 N–H and O–H groups in total. The molecule has 1 saturated heterocycles. The second-order valence-corrected chi connectivity index (χ2v) is 6.59. The molecule has 5 nitrogen and oxygen atoms in total. The third kappa shape index (κ3) is 2.28. The van der Waals surface area contributed by atoms with Crippen LogP contribution in [0.25, 0.3) is 0 Å². The van der Waals surface area contributed by atoms with Gasteiger partial charge in [0.15, 0.2) is 14.6 Å². The van der Waals surface area contributed by atoms with Gasteiger partial charge in [-0.15, -0.1) is 0 Å². The minimum absolute atomic E-state index is 0.193. The van der Waals surface area contributed by atoms with Crippen molar-refractivity contribution in [1.29, 1.82) is 0 Å². The maximum absolute atomic E-state index is 11.3. The first-order valence-corrected chi connectivity index (χ1v) is 7.01. The molecule has 0 saturated carbocycles. The molecule has 0 aliphatic carbocycles. The zero-order valence-corrected chi connectivity index (χ0v) is 10.1. The topological polar surface area (TPSA) is 67.8 Å². The largest absolute Gasteiger partial charge is 0.307 e. The quantitative estimate of drug-likeness (QED) is 0.771. The van der Waals surface area contributed by atoms with E-state index in [1.165, 1.54) is 0 Å². The number of aromatic amines is 1. The van der Waals surface area contributed by atoms with E-state index >= 15 is 0 Å². The van der Waals surface area contributed by atoms with Crippen molar-refractivity contribution in [1.82, 2.24) is 14.8 Å². The number of aromatic nitrogens is 3. The summed E-state index contributed by atoms with van der Waals surface area (Å²) in [6, 6.07) is 0. The molecule has 1 aliphatic heterocycles. The van der Waals surface area contributed by atoms with Crippen LogP contribution >= 0.6 is 12.2 Å². The van der Waals surface area contributed by atoms with Gasteiger partial charge >= 0.3 is 0 Å². The van der Waals surface area contributed by atoms with Crippen molar-refractivity contribution < 1.29 is 8.42 Å². The van der Waals surface area contributed by atoms with Gasteiger partial charge in [0.25, 0.3) is 0 Å². The Morgan fingerprint density at radius 2 is 2.40 bits per heavy atom. The molecule has 0 radical (unpaired) electrons. The highest BCUT2D eigenvalue weighted by Crippen LogP contribution is 2.21. The summed E-state index contributed by atoms with van der Waals surface area (Å²) in [4.78, 5) is 0. The molecule has 1 fully saturated rings. The summed E-state index contributed by atoms with van der Waals surface area (Å²) in [6.45, 7) is 0. The molecule has 2 rings (SSSR count). The van der Waals surface area contributed by atoms with Crippen molar-refractivity contribution in [2.75, 3.05) is 11.5 Å². The van der Waals surface area contributed by atoms with Crippen LogP contribution in [0.5, 0.6) is 0 Å². The van der Waals surface area contributed by atoms with E-state index in [-0.39, 0.29) is 11.7 Å². The highest BCUT2D eigenvalue weighted by atomic mass is 32.2. The van der Waals surface area contributed by atoms with Crippen LogP contribution in [-0.2, 0) is 23.3 Å². The van der Waals surface area contributed by atoms with Crippen LogP contribution in [0, 0.1) is 10.7 Å². The monoisotopic (exact) mass is 247 g/mol. The molecule has 84 valence electrons. The first kappa shape index (κ1) is 10.8. The van der Waals surface area contributed by atoms with Crippen molar-refractivity contribution in [3.8, 4) is 0 Å². The van der Waals surface area contributed by atoms with Gasteiger partial charge in [-0.25, -0.2) is 8.42 Å². The molecule has 0 aromatic carbocycles. The van der Waals surface area contributed by atoms with E-state index in [4.69, 9.17) is 12.2 Å². The number of H-pyrrole nitrogens is 1. The molecule has 1 aromatic heterocycles. The molecule has 0 spiro atoms. The van der Waals surface area contributed by atoms with Gasteiger partial charge < -0.3 is 4.57 Å². The fourth-order valence-corrected chi connectivity index (χ4v) is 3.87. The Hall–Kier alpha value is -0.690. The van der Waals surface area contributed by atoms with Crippen molar-refractivity contribution in [3.05, 3.63) is 10.6 Å². The highest BCUT2D eigenvalue weighted by Gasteiger charge is 2.28. The maximum atomic E-state index is 11.3. The second kappa shape index (κ2) is 3.71. The van der Waals surface area contributed by atoms with Crippen LogP contribution in [0.1, 0.15) is 12.2 Å². The molecule has 1 aromatic rings. The van der Waals surface area contributed by atoms with Gasteiger partial charge in [0.05, 0.1) is 11.5 Å². The van der Waals surface area contributed by atoms with E-state index in [2.05, 4.69) is 10.2 Å². The molecule has 1 aliphatic rings. The summed E-state index contributed by atoms with van der Waals surface area (Å²) in [5.74, 6) is 1.63. The lowest BCUT2D eigenvalue weighted by Crippen LogP contribution is -2.10. The normalized spacial score (nSPS) is 24.5. The Labute approximate surface area is 93.4 Å². The predicted molar refractivity (Wildman–Crippen MR) is 58.9 cm³/mol. The Bertz CT molecular complexity index is 514. The SMILES string of the molecule is Cn1c(C[C@@H]2CCS(=O)(=O)C2)n[nH]c1=S. The van der Waals surface area contributed by atoms with Gasteiger partial charge in [-0.3, -0.25) is 5.10 Å².